The highest BCUT2D eigenvalue weighted by atomic mass is 19.4. The van der Waals surface area contributed by atoms with Gasteiger partial charge in [-0.05, 0) is 18.2 Å². The number of aldehydes is 1. The van der Waals surface area contributed by atoms with Gasteiger partial charge in [0.2, 0.25) is 0 Å². The van der Waals surface area contributed by atoms with E-state index in [1.165, 1.54) is 24.5 Å². The second kappa shape index (κ2) is 8.02. The maximum Gasteiger partial charge on any atom is 0.433 e. The minimum absolute atomic E-state index is 0.136. The Hall–Kier alpha value is -3.17. The highest BCUT2D eigenvalue weighted by Gasteiger charge is 2.32. The van der Waals surface area contributed by atoms with Crippen LogP contribution in [0.3, 0.4) is 0 Å². The highest BCUT2D eigenvalue weighted by Crippen LogP contribution is 2.31. The third kappa shape index (κ3) is 4.72. The van der Waals surface area contributed by atoms with Crippen molar-refractivity contribution in [2.75, 3.05) is 31.1 Å². The summed E-state index contributed by atoms with van der Waals surface area (Å²) in [4.78, 5) is 26.2. The molecule has 142 valence electrons. The summed E-state index contributed by atoms with van der Waals surface area (Å²) >= 11 is 0. The summed E-state index contributed by atoms with van der Waals surface area (Å²) < 4.78 is 43.4. The van der Waals surface area contributed by atoms with Gasteiger partial charge in [0.25, 0.3) is 5.88 Å². The van der Waals surface area contributed by atoms with Crippen LogP contribution in [0.5, 0.6) is 11.6 Å². The molecule has 0 aliphatic carbocycles. The number of piperazine rings is 1. The van der Waals surface area contributed by atoms with Gasteiger partial charge in [0.05, 0.1) is 6.20 Å². The smallest absolute Gasteiger partial charge is 0.433 e. The van der Waals surface area contributed by atoms with E-state index < -0.39 is 11.9 Å². The first-order valence-electron chi connectivity index (χ1n) is 8.10. The maximum absolute atomic E-state index is 12.6. The average molecular weight is 379 g/mol. The predicted octanol–water partition coefficient (Wildman–Crippen LogP) is 2.52. The van der Waals surface area contributed by atoms with Gasteiger partial charge in [-0.25, -0.2) is 15.0 Å². The van der Waals surface area contributed by atoms with E-state index in [1.807, 2.05) is 9.80 Å². The molecule has 1 aliphatic rings. The van der Waals surface area contributed by atoms with E-state index in [1.54, 1.807) is 6.20 Å². The molecule has 0 N–H and O–H groups in total. The van der Waals surface area contributed by atoms with Crippen molar-refractivity contribution in [1.82, 2.24) is 19.9 Å². The fourth-order valence-corrected chi connectivity index (χ4v) is 2.57. The molecule has 1 fully saturated rings. The Morgan fingerprint density at radius 1 is 1.04 bits per heavy atom. The number of ether oxygens (including phenoxy) is 1. The minimum atomic E-state index is -4.51. The molecule has 10 heteroatoms. The van der Waals surface area contributed by atoms with E-state index in [0.29, 0.717) is 32.0 Å². The molecule has 1 aliphatic heterocycles. The molecule has 0 amide bonds. The van der Waals surface area contributed by atoms with Crippen molar-refractivity contribution in [2.24, 2.45) is 0 Å². The van der Waals surface area contributed by atoms with E-state index in [-0.39, 0.29) is 11.6 Å². The average Bonchev–Trinajstić information content (AvgIpc) is 2.67. The molecule has 2 aromatic heterocycles. The molecule has 0 unspecified atom stereocenters. The van der Waals surface area contributed by atoms with Gasteiger partial charge in [0.1, 0.15) is 17.7 Å². The van der Waals surface area contributed by atoms with Crippen LogP contribution in [0.1, 0.15) is 5.69 Å². The number of hydrogen-bond donors (Lipinski definition) is 0. The molecule has 2 aromatic rings. The van der Waals surface area contributed by atoms with Crippen LogP contribution in [0.4, 0.5) is 19.0 Å². The van der Waals surface area contributed by atoms with Crippen molar-refractivity contribution in [1.29, 1.82) is 0 Å². The van der Waals surface area contributed by atoms with E-state index in [0.717, 1.165) is 18.5 Å². The molecule has 7 nitrogen and oxygen atoms in total. The monoisotopic (exact) mass is 379 g/mol. The number of alkyl halides is 3. The van der Waals surface area contributed by atoms with Gasteiger partial charge in [-0.1, -0.05) is 0 Å². The van der Waals surface area contributed by atoms with Crippen LogP contribution in [0, 0.1) is 0 Å². The van der Waals surface area contributed by atoms with Crippen molar-refractivity contribution < 1.29 is 22.7 Å². The number of halogens is 3. The SMILES string of the molecule is O=CC=CN1CCN(c2nccnc2Oc2ccc(C(F)(F)F)nc2)CC1. The number of anilines is 1. The molecule has 3 rings (SSSR count). The number of rotatable bonds is 5. The summed E-state index contributed by atoms with van der Waals surface area (Å²) in [7, 11) is 0. The molecule has 0 aromatic carbocycles. The maximum atomic E-state index is 12.6. The predicted molar refractivity (Wildman–Crippen MR) is 90.3 cm³/mol. The Morgan fingerprint density at radius 2 is 1.78 bits per heavy atom. The number of hydrogen-bond acceptors (Lipinski definition) is 7. The lowest BCUT2D eigenvalue weighted by Crippen LogP contribution is -2.44. The Kier molecular flexibility index (Phi) is 5.53. The Morgan fingerprint density at radius 3 is 2.41 bits per heavy atom. The topological polar surface area (TPSA) is 71.5 Å². The van der Waals surface area contributed by atoms with Gasteiger partial charge in [-0.3, -0.25) is 4.79 Å². The third-order valence-electron chi connectivity index (χ3n) is 3.88. The van der Waals surface area contributed by atoms with Gasteiger partial charge < -0.3 is 14.5 Å². The number of carbonyl (C=O) groups is 1. The molecular formula is C17H16F3N5O2. The molecule has 0 radical (unpaired) electrons. The largest absolute Gasteiger partial charge is 0.434 e. The fraction of sp³-hybridized carbons (Fsp3) is 0.294. The van der Waals surface area contributed by atoms with Crippen LogP contribution in [0.25, 0.3) is 0 Å². The Balaban J connectivity index is 1.71. The summed E-state index contributed by atoms with van der Waals surface area (Å²) in [5.41, 5.74) is -0.992. The van der Waals surface area contributed by atoms with Crippen LogP contribution >= 0.6 is 0 Å². The van der Waals surface area contributed by atoms with E-state index in [4.69, 9.17) is 4.74 Å². The molecule has 0 spiro atoms. The molecule has 0 atom stereocenters. The first-order chi connectivity index (χ1) is 13.0. The summed E-state index contributed by atoms with van der Waals surface area (Å²) in [6, 6.07) is 2.04. The van der Waals surface area contributed by atoms with Gasteiger partial charge in [0.15, 0.2) is 5.82 Å². The van der Waals surface area contributed by atoms with Crippen molar-refractivity contribution in [3.05, 3.63) is 48.7 Å². The number of aromatic nitrogens is 3. The van der Waals surface area contributed by atoms with Gasteiger partial charge in [0, 0.05) is 44.8 Å². The van der Waals surface area contributed by atoms with Crippen LogP contribution in [0.2, 0.25) is 0 Å². The number of allylic oxidation sites excluding steroid dienone is 1. The zero-order valence-corrected chi connectivity index (χ0v) is 14.1. The second-order valence-electron chi connectivity index (χ2n) is 5.66. The standard InChI is InChI=1S/C17H16F3N5O2/c18-17(19,20)14-3-2-13(12-23-14)27-16-15(21-4-5-22-16)25-9-7-24(8-10-25)6-1-11-26/h1-6,11-12H,7-10H2. The molecule has 1 saturated heterocycles. The summed E-state index contributed by atoms with van der Waals surface area (Å²) in [5.74, 6) is 0.824. The van der Waals surface area contributed by atoms with Gasteiger partial charge in [-0.15, -0.1) is 0 Å². The van der Waals surface area contributed by atoms with Gasteiger partial charge in [-0.2, -0.15) is 13.2 Å². The number of pyridine rings is 1. The molecule has 3 heterocycles. The zero-order chi connectivity index (χ0) is 19.3. The summed E-state index contributed by atoms with van der Waals surface area (Å²) in [5, 5.41) is 0. The van der Waals surface area contributed by atoms with Crippen LogP contribution < -0.4 is 9.64 Å². The first kappa shape index (κ1) is 18.6. The molecule has 0 bridgehead atoms. The zero-order valence-electron chi connectivity index (χ0n) is 14.1. The lowest BCUT2D eigenvalue weighted by atomic mass is 10.3. The number of carbonyl (C=O) groups excluding carboxylic acids is 1. The summed E-state index contributed by atoms with van der Waals surface area (Å²) in [6.07, 6.45) is 3.35. The summed E-state index contributed by atoms with van der Waals surface area (Å²) in [6.45, 7) is 2.62. The van der Waals surface area contributed by atoms with Crippen LogP contribution in [-0.4, -0.2) is 52.3 Å². The first-order valence-corrected chi connectivity index (χ1v) is 8.10. The highest BCUT2D eigenvalue weighted by molar-refractivity contribution is 5.64. The Bertz CT molecular complexity index is 803. The van der Waals surface area contributed by atoms with E-state index in [2.05, 4.69) is 15.0 Å². The number of nitrogens with zero attached hydrogens (tertiary/aromatic N) is 5. The van der Waals surface area contributed by atoms with Crippen molar-refractivity contribution >= 4 is 12.1 Å². The molecule has 27 heavy (non-hydrogen) atoms. The molecular weight excluding hydrogens is 363 g/mol. The van der Waals surface area contributed by atoms with Gasteiger partial charge >= 0.3 is 6.18 Å². The van der Waals surface area contributed by atoms with E-state index in [9.17, 15) is 18.0 Å². The normalized spacial score (nSPS) is 15.2. The lowest BCUT2D eigenvalue weighted by Gasteiger charge is -2.34. The fourth-order valence-electron chi connectivity index (χ4n) is 2.57. The second-order valence-corrected chi connectivity index (χ2v) is 5.66. The lowest BCUT2D eigenvalue weighted by molar-refractivity contribution is -0.141. The van der Waals surface area contributed by atoms with Crippen molar-refractivity contribution in [2.45, 2.75) is 6.18 Å². The molecule has 0 saturated carbocycles. The quantitative estimate of drug-likeness (QED) is 0.584. The van der Waals surface area contributed by atoms with E-state index >= 15 is 0 Å². The Labute approximate surface area is 153 Å². The van der Waals surface area contributed by atoms with Crippen LogP contribution in [-0.2, 0) is 11.0 Å². The third-order valence-corrected chi connectivity index (χ3v) is 3.88. The van der Waals surface area contributed by atoms with Crippen LogP contribution in [0.15, 0.2) is 43.0 Å². The minimum Gasteiger partial charge on any atom is -0.434 e. The van der Waals surface area contributed by atoms with Crippen molar-refractivity contribution in [3.8, 4) is 11.6 Å². The van der Waals surface area contributed by atoms with Crippen molar-refractivity contribution in [3.63, 3.8) is 0 Å².